The number of hydrogen-bond donors (Lipinski definition) is 4. The van der Waals surface area contributed by atoms with Crippen LogP contribution in [0.25, 0.3) is 0 Å². The molecule has 0 aromatic heterocycles. The Labute approximate surface area is 165 Å². The zero-order valence-electron chi connectivity index (χ0n) is 16.9. The summed E-state index contributed by atoms with van der Waals surface area (Å²) in [7, 11) is 1.21. The Hall–Kier alpha value is -1.81. The van der Waals surface area contributed by atoms with Crippen LogP contribution in [0, 0.1) is 0 Å². The van der Waals surface area contributed by atoms with Crippen molar-refractivity contribution in [1.29, 1.82) is 0 Å². The highest BCUT2D eigenvalue weighted by molar-refractivity contribution is 7.81. The molecule has 0 fully saturated rings. The van der Waals surface area contributed by atoms with Gasteiger partial charge in [-0.05, 0) is 41.5 Å². The molecule has 10 heteroatoms. The maximum Gasteiger partial charge on any atom is 0.331 e. The summed E-state index contributed by atoms with van der Waals surface area (Å²) >= 11 is 4.27. The van der Waals surface area contributed by atoms with E-state index in [0.717, 1.165) is 0 Å². The molecule has 27 heavy (non-hydrogen) atoms. The quantitative estimate of drug-likeness (QED) is 0.227. The molecule has 0 spiro atoms. The van der Waals surface area contributed by atoms with Crippen molar-refractivity contribution in [2.75, 3.05) is 13.7 Å². The van der Waals surface area contributed by atoms with E-state index in [9.17, 15) is 19.2 Å². The third kappa shape index (κ3) is 9.62. The maximum absolute atomic E-state index is 12.2. The molecule has 156 valence electrons. The van der Waals surface area contributed by atoms with Gasteiger partial charge < -0.3 is 25.4 Å². The van der Waals surface area contributed by atoms with Gasteiger partial charge in [-0.1, -0.05) is 0 Å². The highest BCUT2D eigenvalue weighted by atomic mass is 32.1. The van der Waals surface area contributed by atoms with Gasteiger partial charge in [0.15, 0.2) is 6.04 Å². The summed E-state index contributed by atoms with van der Waals surface area (Å²) in [6.07, 6.45) is -0.265. The number of esters is 1. The van der Waals surface area contributed by atoms with Crippen LogP contribution in [0.5, 0.6) is 0 Å². The molecular formula is C17H31N3O6S. The van der Waals surface area contributed by atoms with Gasteiger partial charge in [-0.15, -0.1) is 0 Å². The molecule has 0 aliphatic heterocycles. The predicted molar refractivity (Wildman–Crippen MR) is 103 cm³/mol. The van der Waals surface area contributed by atoms with Crippen molar-refractivity contribution in [3.05, 3.63) is 0 Å². The minimum atomic E-state index is -1.04. The Bertz CT molecular complexity index is 542. The first kappa shape index (κ1) is 25.2. The van der Waals surface area contributed by atoms with Gasteiger partial charge in [0.1, 0.15) is 6.04 Å². The highest BCUT2D eigenvalue weighted by Crippen LogP contribution is 2.17. The summed E-state index contributed by atoms with van der Waals surface area (Å²) in [4.78, 5) is 47.0. The lowest BCUT2D eigenvalue weighted by Gasteiger charge is -2.30. The number of methoxy groups -OCH3 is 1. The molecule has 0 rings (SSSR count). The Balaban J connectivity index is 4.93. The molecule has 3 amide bonds. The third-order valence-corrected chi connectivity index (χ3v) is 3.67. The van der Waals surface area contributed by atoms with Crippen LogP contribution in [0.1, 0.15) is 41.5 Å². The number of ether oxygens (including phenoxy) is 2. The minimum absolute atomic E-state index is 0.390. The molecule has 0 aromatic carbocycles. The van der Waals surface area contributed by atoms with E-state index in [-0.39, 0.29) is 0 Å². The topological polar surface area (TPSA) is 123 Å². The second kappa shape index (κ2) is 10.5. The van der Waals surface area contributed by atoms with E-state index in [1.54, 1.807) is 20.8 Å². The summed E-state index contributed by atoms with van der Waals surface area (Å²) in [6.45, 7) is 10.00. The maximum atomic E-state index is 12.2. The molecule has 0 aromatic rings. The van der Waals surface area contributed by atoms with Crippen molar-refractivity contribution < 1.29 is 28.7 Å². The van der Waals surface area contributed by atoms with E-state index in [0.29, 0.717) is 6.41 Å². The lowest BCUT2D eigenvalue weighted by molar-refractivity contribution is -0.153. The number of thiol groups is 1. The molecule has 0 aliphatic rings. The fourth-order valence-electron chi connectivity index (χ4n) is 2.28. The zero-order chi connectivity index (χ0) is 21.4. The van der Waals surface area contributed by atoms with Crippen LogP contribution in [0.15, 0.2) is 0 Å². The van der Waals surface area contributed by atoms with Crippen LogP contribution in [0.2, 0.25) is 0 Å². The molecule has 0 bridgehead atoms. The van der Waals surface area contributed by atoms with Crippen LogP contribution in [0.3, 0.4) is 0 Å². The molecule has 0 radical (unpaired) electrons. The van der Waals surface area contributed by atoms with Gasteiger partial charge in [0.2, 0.25) is 18.2 Å². The van der Waals surface area contributed by atoms with Gasteiger partial charge in [-0.2, -0.15) is 12.6 Å². The number of hydrogen-bond acceptors (Lipinski definition) is 7. The van der Waals surface area contributed by atoms with Gasteiger partial charge in [-0.3, -0.25) is 14.4 Å². The molecule has 3 unspecified atom stereocenters. The van der Waals surface area contributed by atoms with E-state index in [1.165, 1.54) is 7.11 Å². The number of carbonyl (C=O) groups excluding carboxylic acids is 4. The van der Waals surface area contributed by atoms with E-state index >= 15 is 0 Å². The molecule has 0 saturated carbocycles. The Morgan fingerprint density at radius 1 is 1.15 bits per heavy atom. The SMILES string of the molecule is COC(=O)C(NC(=O)CNC(=O)C(NC=O)C(C)(C)S)C(C)OC(C)(C)C. The van der Waals surface area contributed by atoms with Gasteiger partial charge in [0.05, 0.1) is 25.4 Å². The van der Waals surface area contributed by atoms with Gasteiger partial charge in [0, 0.05) is 4.75 Å². The van der Waals surface area contributed by atoms with Crippen molar-refractivity contribution in [2.24, 2.45) is 0 Å². The van der Waals surface area contributed by atoms with Crippen LogP contribution >= 0.6 is 12.6 Å². The minimum Gasteiger partial charge on any atom is -0.467 e. The van der Waals surface area contributed by atoms with E-state index in [2.05, 4.69) is 28.6 Å². The molecule has 0 heterocycles. The van der Waals surface area contributed by atoms with Crippen molar-refractivity contribution in [1.82, 2.24) is 16.0 Å². The van der Waals surface area contributed by atoms with Crippen molar-refractivity contribution in [3.63, 3.8) is 0 Å². The summed E-state index contributed by atoms with van der Waals surface area (Å²) in [6, 6.07) is -1.98. The Kier molecular flexibility index (Phi) is 9.80. The largest absolute Gasteiger partial charge is 0.467 e. The van der Waals surface area contributed by atoms with Crippen LogP contribution in [-0.2, 0) is 28.7 Å². The van der Waals surface area contributed by atoms with Crippen molar-refractivity contribution >= 4 is 36.8 Å². The summed E-state index contributed by atoms with van der Waals surface area (Å²) < 4.78 is 9.57. The van der Waals surface area contributed by atoms with E-state index in [1.807, 2.05) is 20.8 Å². The monoisotopic (exact) mass is 405 g/mol. The molecule has 0 saturated heterocycles. The van der Waals surface area contributed by atoms with E-state index < -0.39 is 52.9 Å². The first-order valence-corrected chi connectivity index (χ1v) is 8.92. The summed E-state index contributed by atoms with van der Waals surface area (Å²) in [5, 5.41) is 7.27. The average molecular weight is 406 g/mol. The zero-order valence-corrected chi connectivity index (χ0v) is 17.8. The smallest absolute Gasteiger partial charge is 0.331 e. The molecule has 3 atom stereocenters. The first-order valence-electron chi connectivity index (χ1n) is 8.47. The highest BCUT2D eigenvalue weighted by Gasteiger charge is 2.33. The molecular weight excluding hydrogens is 374 g/mol. The van der Waals surface area contributed by atoms with E-state index in [4.69, 9.17) is 9.47 Å². The number of amides is 3. The average Bonchev–Trinajstić information content (AvgIpc) is 2.51. The second-order valence-corrected chi connectivity index (χ2v) is 8.75. The molecule has 3 N–H and O–H groups in total. The summed E-state index contributed by atoms with van der Waals surface area (Å²) in [5.74, 6) is -1.85. The number of nitrogens with one attached hydrogen (secondary N) is 3. The van der Waals surface area contributed by atoms with Crippen molar-refractivity contribution in [3.8, 4) is 0 Å². The molecule has 0 aliphatic carbocycles. The van der Waals surface area contributed by atoms with Crippen LogP contribution in [-0.4, -0.2) is 66.4 Å². The van der Waals surface area contributed by atoms with Crippen LogP contribution in [0.4, 0.5) is 0 Å². The normalized spacial score (nSPS) is 15.1. The standard InChI is InChI=1S/C17H31N3O6S/c1-10(26-16(2,3)4)12(15(24)25-7)20-11(22)8-18-14(23)13(19-9-21)17(5,6)27/h9-10,12-13,27H,8H2,1-7H3,(H,18,23)(H,19,21)(H,20,22). The Morgan fingerprint density at radius 3 is 2.11 bits per heavy atom. The second-order valence-electron chi connectivity index (χ2n) is 7.59. The molecule has 9 nitrogen and oxygen atoms in total. The Morgan fingerprint density at radius 2 is 1.70 bits per heavy atom. The van der Waals surface area contributed by atoms with Gasteiger partial charge in [-0.25, -0.2) is 4.79 Å². The lowest BCUT2D eigenvalue weighted by Crippen LogP contribution is -2.56. The lowest BCUT2D eigenvalue weighted by atomic mass is 10.0. The number of rotatable bonds is 10. The predicted octanol–water partition coefficient (Wildman–Crippen LogP) is -0.213. The fourth-order valence-corrected chi connectivity index (χ4v) is 2.47. The van der Waals surface area contributed by atoms with Crippen molar-refractivity contribution in [2.45, 2.75) is 70.1 Å². The van der Waals surface area contributed by atoms with Crippen LogP contribution < -0.4 is 16.0 Å². The first-order chi connectivity index (χ1) is 12.2. The van der Waals surface area contributed by atoms with Gasteiger partial charge in [0.25, 0.3) is 0 Å². The third-order valence-electron chi connectivity index (χ3n) is 3.41. The van der Waals surface area contributed by atoms with Gasteiger partial charge >= 0.3 is 5.97 Å². The fraction of sp³-hybridized carbons (Fsp3) is 0.765. The number of carbonyl (C=O) groups is 4. The summed E-state index contributed by atoms with van der Waals surface area (Å²) in [5.41, 5.74) is -0.531.